The van der Waals surface area contributed by atoms with E-state index in [2.05, 4.69) is 5.32 Å². The van der Waals surface area contributed by atoms with Gasteiger partial charge in [0.15, 0.2) is 0 Å². The van der Waals surface area contributed by atoms with Crippen molar-refractivity contribution in [3.63, 3.8) is 0 Å². The van der Waals surface area contributed by atoms with E-state index < -0.39 is 5.82 Å². The highest BCUT2D eigenvalue weighted by Crippen LogP contribution is 2.16. The fourth-order valence-electron chi connectivity index (χ4n) is 1.61. The van der Waals surface area contributed by atoms with Gasteiger partial charge in [0.05, 0.1) is 18.7 Å². The van der Waals surface area contributed by atoms with Crippen LogP contribution in [0.4, 0.5) is 15.8 Å². The van der Waals surface area contributed by atoms with Crippen LogP contribution < -0.4 is 15.8 Å². The van der Waals surface area contributed by atoms with Gasteiger partial charge < -0.3 is 15.8 Å². The Labute approximate surface area is 116 Å². The van der Waals surface area contributed by atoms with Crippen LogP contribution in [0.2, 0.25) is 0 Å². The SMILES string of the molecule is Nc1ccc(NC(=O)CCOc2ccccc2)cc1F. The molecule has 0 aliphatic carbocycles. The summed E-state index contributed by atoms with van der Waals surface area (Å²) < 4.78 is 18.6. The van der Waals surface area contributed by atoms with Crippen molar-refractivity contribution in [2.24, 2.45) is 0 Å². The van der Waals surface area contributed by atoms with E-state index in [1.165, 1.54) is 12.1 Å². The first-order valence-electron chi connectivity index (χ1n) is 6.18. The summed E-state index contributed by atoms with van der Waals surface area (Å²) in [5.41, 5.74) is 5.78. The van der Waals surface area contributed by atoms with Crippen molar-refractivity contribution in [2.75, 3.05) is 17.7 Å². The Balaban J connectivity index is 1.79. The molecule has 0 atom stereocenters. The standard InChI is InChI=1S/C15H15FN2O2/c16-13-10-11(6-7-14(13)17)18-15(19)8-9-20-12-4-2-1-3-5-12/h1-7,10H,8-9,17H2,(H,18,19). The molecular formula is C15H15FN2O2. The highest BCUT2D eigenvalue weighted by atomic mass is 19.1. The van der Waals surface area contributed by atoms with E-state index in [4.69, 9.17) is 10.5 Å². The second-order valence-corrected chi connectivity index (χ2v) is 4.20. The van der Waals surface area contributed by atoms with Crippen molar-refractivity contribution in [3.8, 4) is 5.75 Å². The predicted octanol–water partition coefficient (Wildman–Crippen LogP) is 2.82. The molecule has 0 bridgehead atoms. The van der Waals surface area contributed by atoms with E-state index in [1.807, 2.05) is 30.3 Å². The minimum atomic E-state index is -0.552. The second-order valence-electron chi connectivity index (χ2n) is 4.20. The van der Waals surface area contributed by atoms with Crippen LogP contribution in [-0.2, 0) is 4.79 Å². The Kier molecular flexibility index (Phi) is 4.55. The minimum absolute atomic E-state index is 0.0513. The van der Waals surface area contributed by atoms with Gasteiger partial charge in [-0.15, -0.1) is 0 Å². The monoisotopic (exact) mass is 274 g/mol. The van der Waals surface area contributed by atoms with E-state index in [9.17, 15) is 9.18 Å². The molecule has 2 aromatic carbocycles. The maximum Gasteiger partial charge on any atom is 0.227 e. The van der Waals surface area contributed by atoms with E-state index >= 15 is 0 Å². The number of nitrogens with two attached hydrogens (primary N) is 1. The molecule has 0 unspecified atom stereocenters. The zero-order chi connectivity index (χ0) is 14.4. The van der Waals surface area contributed by atoms with E-state index in [-0.39, 0.29) is 24.6 Å². The molecular weight excluding hydrogens is 259 g/mol. The largest absolute Gasteiger partial charge is 0.493 e. The fraction of sp³-hybridized carbons (Fsp3) is 0.133. The fourth-order valence-corrected chi connectivity index (χ4v) is 1.61. The zero-order valence-corrected chi connectivity index (χ0v) is 10.8. The van der Waals surface area contributed by atoms with Gasteiger partial charge in [-0.2, -0.15) is 0 Å². The molecule has 104 valence electrons. The van der Waals surface area contributed by atoms with Gasteiger partial charge in [0.2, 0.25) is 5.91 Å². The highest BCUT2D eigenvalue weighted by molar-refractivity contribution is 5.90. The lowest BCUT2D eigenvalue weighted by molar-refractivity contribution is -0.116. The van der Waals surface area contributed by atoms with Crippen LogP contribution in [-0.4, -0.2) is 12.5 Å². The molecule has 0 aliphatic heterocycles. The van der Waals surface area contributed by atoms with Crippen molar-refractivity contribution in [3.05, 3.63) is 54.3 Å². The molecule has 2 aromatic rings. The lowest BCUT2D eigenvalue weighted by Crippen LogP contribution is -2.15. The number of para-hydroxylation sites is 1. The quantitative estimate of drug-likeness (QED) is 0.824. The molecule has 1 amide bonds. The molecule has 0 radical (unpaired) electrons. The van der Waals surface area contributed by atoms with Crippen molar-refractivity contribution >= 4 is 17.3 Å². The second kappa shape index (κ2) is 6.56. The third kappa shape index (κ3) is 3.98. The van der Waals surface area contributed by atoms with Gasteiger partial charge in [0.25, 0.3) is 0 Å². The topological polar surface area (TPSA) is 64.3 Å². The summed E-state index contributed by atoms with van der Waals surface area (Å²) in [6, 6.07) is 13.4. The number of hydrogen-bond acceptors (Lipinski definition) is 3. The van der Waals surface area contributed by atoms with Gasteiger partial charge in [-0.25, -0.2) is 4.39 Å². The maximum atomic E-state index is 13.2. The van der Waals surface area contributed by atoms with Gasteiger partial charge in [-0.3, -0.25) is 4.79 Å². The maximum absolute atomic E-state index is 13.2. The average Bonchev–Trinajstić information content (AvgIpc) is 2.44. The summed E-state index contributed by atoms with van der Waals surface area (Å²) in [6.07, 6.45) is 0.181. The average molecular weight is 274 g/mol. The summed E-state index contributed by atoms with van der Waals surface area (Å²) in [5.74, 6) is -0.0905. The van der Waals surface area contributed by atoms with Crippen molar-refractivity contribution in [2.45, 2.75) is 6.42 Å². The molecule has 0 heterocycles. The van der Waals surface area contributed by atoms with Crippen molar-refractivity contribution in [1.82, 2.24) is 0 Å². The first-order valence-corrected chi connectivity index (χ1v) is 6.18. The molecule has 2 rings (SSSR count). The van der Waals surface area contributed by atoms with E-state index in [1.54, 1.807) is 6.07 Å². The number of anilines is 2. The Morgan fingerprint density at radius 2 is 1.95 bits per heavy atom. The molecule has 0 fully saturated rings. The van der Waals surface area contributed by atoms with Crippen LogP contribution in [0.3, 0.4) is 0 Å². The summed E-state index contributed by atoms with van der Waals surface area (Å²) in [6.45, 7) is 0.257. The lowest BCUT2D eigenvalue weighted by Gasteiger charge is -2.07. The molecule has 0 saturated carbocycles. The first kappa shape index (κ1) is 13.9. The van der Waals surface area contributed by atoms with Gasteiger partial charge in [0, 0.05) is 5.69 Å². The number of carbonyl (C=O) groups is 1. The van der Waals surface area contributed by atoms with Crippen LogP contribution in [0.15, 0.2) is 48.5 Å². The summed E-state index contributed by atoms with van der Waals surface area (Å²) in [4.78, 5) is 11.7. The zero-order valence-electron chi connectivity index (χ0n) is 10.8. The van der Waals surface area contributed by atoms with Crippen LogP contribution in [0.25, 0.3) is 0 Å². The number of benzene rings is 2. The van der Waals surface area contributed by atoms with Crippen molar-refractivity contribution < 1.29 is 13.9 Å². The Morgan fingerprint density at radius 3 is 2.65 bits per heavy atom. The molecule has 0 aromatic heterocycles. The van der Waals surface area contributed by atoms with Crippen LogP contribution in [0.5, 0.6) is 5.75 Å². The smallest absolute Gasteiger partial charge is 0.227 e. The lowest BCUT2D eigenvalue weighted by atomic mass is 10.2. The third-order valence-corrected chi connectivity index (χ3v) is 2.63. The number of halogens is 1. The van der Waals surface area contributed by atoms with Crippen molar-refractivity contribution in [1.29, 1.82) is 0 Å². The molecule has 20 heavy (non-hydrogen) atoms. The van der Waals surface area contributed by atoms with Crippen LogP contribution >= 0.6 is 0 Å². The minimum Gasteiger partial charge on any atom is -0.493 e. The van der Waals surface area contributed by atoms with Crippen LogP contribution in [0.1, 0.15) is 6.42 Å². The summed E-state index contributed by atoms with van der Waals surface area (Å²) in [5, 5.41) is 2.58. The van der Waals surface area contributed by atoms with Gasteiger partial charge in [-0.05, 0) is 30.3 Å². The predicted molar refractivity (Wildman–Crippen MR) is 76.0 cm³/mol. The molecule has 0 aliphatic rings. The number of ether oxygens (including phenoxy) is 1. The van der Waals surface area contributed by atoms with Crippen LogP contribution in [0, 0.1) is 5.82 Å². The van der Waals surface area contributed by atoms with E-state index in [0.717, 1.165) is 0 Å². The Morgan fingerprint density at radius 1 is 1.20 bits per heavy atom. The Bertz CT molecular complexity index is 588. The van der Waals surface area contributed by atoms with Gasteiger partial charge >= 0.3 is 0 Å². The molecule has 4 nitrogen and oxygen atoms in total. The number of hydrogen-bond donors (Lipinski definition) is 2. The molecule has 5 heteroatoms. The first-order chi connectivity index (χ1) is 9.65. The van der Waals surface area contributed by atoms with E-state index in [0.29, 0.717) is 11.4 Å². The number of rotatable bonds is 5. The number of nitrogens with one attached hydrogen (secondary N) is 1. The summed E-state index contributed by atoms with van der Waals surface area (Å²) in [7, 11) is 0. The molecule has 0 saturated heterocycles. The summed E-state index contributed by atoms with van der Waals surface area (Å²) >= 11 is 0. The molecule has 3 N–H and O–H groups in total. The van der Waals surface area contributed by atoms with Gasteiger partial charge in [0.1, 0.15) is 11.6 Å². The number of carbonyl (C=O) groups excluding carboxylic acids is 1. The highest BCUT2D eigenvalue weighted by Gasteiger charge is 2.05. The van der Waals surface area contributed by atoms with Gasteiger partial charge in [-0.1, -0.05) is 18.2 Å². The Hall–Kier alpha value is -2.56. The molecule has 0 spiro atoms. The number of amides is 1. The number of nitrogen functional groups attached to an aromatic ring is 1. The normalized spacial score (nSPS) is 10.1. The third-order valence-electron chi connectivity index (χ3n) is 2.63.